The molecule has 5 aromatic rings. The third-order valence-electron chi connectivity index (χ3n) is 4.38. The van der Waals surface area contributed by atoms with Gasteiger partial charge in [0.15, 0.2) is 11.5 Å². The highest BCUT2D eigenvalue weighted by Crippen LogP contribution is 2.28. The van der Waals surface area contributed by atoms with Crippen LogP contribution in [-0.4, -0.2) is 19.6 Å². The first-order valence-corrected chi connectivity index (χ1v) is 9.31. The highest BCUT2D eigenvalue weighted by Gasteiger charge is 2.16. The number of hydrogen-bond donors (Lipinski definition) is 1. The van der Waals surface area contributed by atoms with Crippen molar-refractivity contribution in [1.82, 2.24) is 19.6 Å². The largest absolute Gasteiger partial charge is 0.325 e. The third kappa shape index (κ3) is 2.84. The zero-order chi connectivity index (χ0) is 18.2. The summed E-state index contributed by atoms with van der Waals surface area (Å²) >= 11 is 3.48. The van der Waals surface area contributed by atoms with Crippen LogP contribution in [0, 0.1) is 0 Å². The van der Waals surface area contributed by atoms with Crippen LogP contribution in [-0.2, 0) is 0 Å². The molecule has 130 valence electrons. The van der Waals surface area contributed by atoms with Crippen LogP contribution in [0.4, 0.5) is 11.6 Å². The fourth-order valence-electron chi connectivity index (χ4n) is 3.10. The molecule has 0 aliphatic heterocycles. The van der Waals surface area contributed by atoms with Gasteiger partial charge in [-0.25, -0.2) is 9.38 Å². The number of halogens is 1. The molecule has 5 nitrogen and oxygen atoms in total. The summed E-state index contributed by atoms with van der Waals surface area (Å²) in [5, 5.41) is 13.3. The van der Waals surface area contributed by atoms with Crippen molar-refractivity contribution in [1.29, 1.82) is 0 Å². The number of hydrogen-bond acceptors (Lipinski definition) is 4. The fraction of sp³-hybridized carbons (Fsp3) is 0. The highest BCUT2D eigenvalue weighted by atomic mass is 79.9. The molecule has 0 aliphatic rings. The van der Waals surface area contributed by atoms with Gasteiger partial charge in [-0.15, -0.1) is 10.2 Å². The van der Waals surface area contributed by atoms with Crippen LogP contribution in [0.15, 0.2) is 83.3 Å². The minimum atomic E-state index is 0.679. The Labute approximate surface area is 163 Å². The van der Waals surface area contributed by atoms with Crippen molar-refractivity contribution in [3.05, 3.63) is 83.3 Å². The Morgan fingerprint density at radius 2 is 1.52 bits per heavy atom. The molecular weight excluding hydrogens is 402 g/mol. The molecule has 6 heteroatoms. The van der Waals surface area contributed by atoms with Crippen LogP contribution in [0.5, 0.6) is 0 Å². The lowest BCUT2D eigenvalue weighted by Gasteiger charge is -2.11. The van der Waals surface area contributed by atoms with Gasteiger partial charge in [0.05, 0.1) is 5.52 Å². The number of benzene rings is 3. The first-order chi connectivity index (χ1) is 13.3. The van der Waals surface area contributed by atoms with Crippen molar-refractivity contribution in [2.45, 2.75) is 0 Å². The topological polar surface area (TPSA) is 55.1 Å². The summed E-state index contributed by atoms with van der Waals surface area (Å²) < 4.78 is 2.99. The second kappa shape index (κ2) is 6.48. The number of nitrogens with zero attached hydrogens (tertiary/aromatic N) is 4. The molecule has 27 heavy (non-hydrogen) atoms. The molecule has 0 spiro atoms. The Kier molecular flexibility index (Phi) is 3.83. The van der Waals surface area contributed by atoms with E-state index < -0.39 is 0 Å². The molecular formula is C21H14BrN5. The summed E-state index contributed by atoms with van der Waals surface area (Å²) in [5.41, 5.74) is 3.58. The SMILES string of the molecule is Brc1ccc(-c2nnc3c4ccccc4nc(Nc4ccccc4)n23)cc1. The average molecular weight is 416 g/mol. The van der Waals surface area contributed by atoms with Gasteiger partial charge in [-0.3, -0.25) is 0 Å². The second-order valence-corrected chi connectivity index (χ2v) is 7.05. The molecule has 0 radical (unpaired) electrons. The van der Waals surface area contributed by atoms with Crippen LogP contribution in [0.1, 0.15) is 0 Å². The summed E-state index contributed by atoms with van der Waals surface area (Å²) in [6.45, 7) is 0. The average Bonchev–Trinajstić information content (AvgIpc) is 3.15. The lowest BCUT2D eigenvalue weighted by molar-refractivity contribution is 1.10. The van der Waals surface area contributed by atoms with E-state index >= 15 is 0 Å². The zero-order valence-corrected chi connectivity index (χ0v) is 15.8. The Morgan fingerprint density at radius 1 is 0.778 bits per heavy atom. The fourth-order valence-corrected chi connectivity index (χ4v) is 3.37. The van der Waals surface area contributed by atoms with Gasteiger partial charge >= 0.3 is 0 Å². The molecule has 0 aliphatic carbocycles. The maximum absolute atomic E-state index is 4.84. The lowest BCUT2D eigenvalue weighted by Crippen LogP contribution is -2.04. The summed E-state index contributed by atoms with van der Waals surface area (Å²) in [5.74, 6) is 1.42. The molecule has 0 bridgehead atoms. The molecule has 0 saturated heterocycles. The number of nitrogens with one attached hydrogen (secondary N) is 1. The number of fused-ring (bicyclic) bond motifs is 3. The normalized spacial score (nSPS) is 11.1. The number of anilines is 2. The summed E-state index contributed by atoms with van der Waals surface area (Å²) in [7, 11) is 0. The van der Waals surface area contributed by atoms with E-state index in [9.17, 15) is 0 Å². The van der Waals surface area contributed by atoms with Crippen molar-refractivity contribution in [2.24, 2.45) is 0 Å². The first kappa shape index (κ1) is 16.0. The van der Waals surface area contributed by atoms with Gasteiger partial charge in [0, 0.05) is 21.1 Å². The van der Waals surface area contributed by atoms with E-state index in [-0.39, 0.29) is 0 Å². The van der Waals surface area contributed by atoms with Crippen molar-refractivity contribution < 1.29 is 0 Å². The monoisotopic (exact) mass is 415 g/mol. The predicted octanol–water partition coefficient (Wildman–Crippen LogP) is 5.45. The Bertz CT molecular complexity index is 1250. The van der Waals surface area contributed by atoms with E-state index in [0.717, 1.165) is 38.1 Å². The minimum Gasteiger partial charge on any atom is -0.325 e. The van der Waals surface area contributed by atoms with Crippen molar-refractivity contribution in [3.63, 3.8) is 0 Å². The standard InChI is InChI=1S/C21H14BrN5/c22-15-12-10-14(11-13-15)19-25-26-20-17-8-4-5-9-18(17)24-21(27(19)20)23-16-6-2-1-3-7-16/h1-13H,(H,23,24). The van der Waals surface area contributed by atoms with Gasteiger partial charge in [0.1, 0.15) is 0 Å². The Balaban J connectivity index is 1.79. The van der Waals surface area contributed by atoms with Crippen molar-refractivity contribution >= 4 is 44.1 Å². The van der Waals surface area contributed by atoms with Gasteiger partial charge in [0.25, 0.3) is 0 Å². The second-order valence-electron chi connectivity index (χ2n) is 6.13. The highest BCUT2D eigenvalue weighted by molar-refractivity contribution is 9.10. The smallest absolute Gasteiger partial charge is 0.215 e. The van der Waals surface area contributed by atoms with Gasteiger partial charge in [-0.2, -0.15) is 0 Å². The molecule has 0 amide bonds. The lowest BCUT2D eigenvalue weighted by atomic mass is 10.2. The van der Waals surface area contributed by atoms with Crippen LogP contribution in [0.3, 0.4) is 0 Å². The van der Waals surface area contributed by atoms with Crippen LogP contribution >= 0.6 is 15.9 Å². The van der Waals surface area contributed by atoms with Crippen molar-refractivity contribution in [2.75, 3.05) is 5.32 Å². The Hall–Kier alpha value is -3.25. The first-order valence-electron chi connectivity index (χ1n) is 8.51. The minimum absolute atomic E-state index is 0.679. The molecule has 2 aromatic heterocycles. The molecule has 1 N–H and O–H groups in total. The summed E-state index contributed by atoms with van der Waals surface area (Å²) in [4.78, 5) is 4.84. The maximum Gasteiger partial charge on any atom is 0.215 e. The predicted molar refractivity (Wildman–Crippen MR) is 111 cm³/mol. The number of rotatable bonds is 3. The van der Waals surface area contributed by atoms with E-state index in [2.05, 4.69) is 31.4 Å². The molecule has 0 saturated carbocycles. The number of para-hydroxylation sites is 2. The van der Waals surface area contributed by atoms with Gasteiger partial charge in [-0.1, -0.05) is 58.4 Å². The summed E-state index contributed by atoms with van der Waals surface area (Å²) in [6, 6.07) is 26.0. The molecule has 0 atom stereocenters. The molecule has 5 rings (SSSR count). The van der Waals surface area contributed by atoms with E-state index in [4.69, 9.17) is 4.98 Å². The molecule has 3 aromatic carbocycles. The third-order valence-corrected chi connectivity index (χ3v) is 4.91. The van der Waals surface area contributed by atoms with E-state index in [0.29, 0.717) is 5.95 Å². The molecule has 0 unspecified atom stereocenters. The van der Waals surface area contributed by atoms with Gasteiger partial charge in [0.2, 0.25) is 5.95 Å². The summed E-state index contributed by atoms with van der Waals surface area (Å²) in [6.07, 6.45) is 0. The molecule has 0 fully saturated rings. The quantitative estimate of drug-likeness (QED) is 0.425. The van der Waals surface area contributed by atoms with E-state index in [1.165, 1.54) is 0 Å². The molecule has 2 heterocycles. The van der Waals surface area contributed by atoms with Crippen LogP contribution in [0.2, 0.25) is 0 Å². The number of aromatic nitrogens is 4. The van der Waals surface area contributed by atoms with E-state index in [1.54, 1.807) is 0 Å². The van der Waals surface area contributed by atoms with Crippen LogP contribution < -0.4 is 5.32 Å². The zero-order valence-electron chi connectivity index (χ0n) is 14.2. The van der Waals surface area contributed by atoms with Gasteiger partial charge in [-0.05, 0) is 36.4 Å². The van der Waals surface area contributed by atoms with Gasteiger partial charge < -0.3 is 5.32 Å². The Morgan fingerprint density at radius 3 is 2.33 bits per heavy atom. The van der Waals surface area contributed by atoms with E-state index in [1.807, 2.05) is 83.3 Å². The van der Waals surface area contributed by atoms with Crippen molar-refractivity contribution in [3.8, 4) is 11.4 Å². The van der Waals surface area contributed by atoms with Crippen LogP contribution in [0.25, 0.3) is 27.9 Å². The maximum atomic E-state index is 4.84.